The molecule has 0 unspecified atom stereocenters. The van der Waals surface area contributed by atoms with Crippen LogP contribution in [0.25, 0.3) is 0 Å². The van der Waals surface area contributed by atoms with Crippen molar-refractivity contribution in [3.05, 3.63) is 52.8 Å². The van der Waals surface area contributed by atoms with Crippen LogP contribution in [0.4, 0.5) is 24.5 Å². The maximum Gasteiger partial charge on any atom is 0.433 e. The molecule has 0 spiro atoms. The van der Waals surface area contributed by atoms with Gasteiger partial charge in [0, 0.05) is 48.3 Å². The predicted octanol–water partition coefficient (Wildman–Crippen LogP) is 4.94. The topological polar surface area (TPSA) is 57.3 Å². The summed E-state index contributed by atoms with van der Waals surface area (Å²) in [6.07, 6.45) is 0.617. The number of nitrogens with one attached hydrogen (secondary N) is 2. The van der Waals surface area contributed by atoms with E-state index < -0.39 is 11.9 Å². The number of carbonyl (C=O) groups excluding carboxylic acids is 1. The Morgan fingerprint density at radius 2 is 1.84 bits per heavy atom. The van der Waals surface area contributed by atoms with Gasteiger partial charge in [-0.25, -0.2) is 4.98 Å². The van der Waals surface area contributed by atoms with E-state index in [9.17, 15) is 18.0 Å². The predicted molar refractivity (Wildman–Crippen MR) is 119 cm³/mol. The SMILES string of the molecule is Cc1cc(NC2CCC(NC(=O)c3cccc4c3CCCN4C)CC2)cc(C(F)(F)F)n1. The number of benzene rings is 1. The standard InChI is InChI=1S/C24H29F3N4O/c1-15-13-18(14-22(28-15)24(25,26)27)29-16-8-10-17(11-9-16)30-23(32)20-5-3-7-21-19(20)6-4-12-31(21)2/h3,5,7,13-14,16-17H,4,6,8-12H2,1-2H3,(H,28,29)(H,30,32). The van der Waals surface area contributed by atoms with Gasteiger partial charge >= 0.3 is 6.18 Å². The van der Waals surface area contributed by atoms with E-state index in [0.717, 1.165) is 68.0 Å². The Morgan fingerprint density at radius 1 is 1.12 bits per heavy atom. The summed E-state index contributed by atoms with van der Waals surface area (Å²) in [6.45, 7) is 2.56. The summed E-state index contributed by atoms with van der Waals surface area (Å²) in [5, 5.41) is 6.41. The number of hydrogen-bond acceptors (Lipinski definition) is 4. The zero-order valence-corrected chi connectivity index (χ0v) is 18.4. The maximum absolute atomic E-state index is 13.0. The molecule has 2 N–H and O–H groups in total. The third kappa shape index (κ3) is 5.00. The molecule has 2 aromatic rings. The molecule has 32 heavy (non-hydrogen) atoms. The van der Waals surface area contributed by atoms with Crippen molar-refractivity contribution in [3.63, 3.8) is 0 Å². The Kier molecular flexibility index (Phi) is 6.31. The first-order valence-corrected chi connectivity index (χ1v) is 11.2. The van der Waals surface area contributed by atoms with Crippen molar-refractivity contribution in [2.75, 3.05) is 23.8 Å². The minimum atomic E-state index is -4.46. The first-order valence-electron chi connectivity index (χ1n) is 11.2. The zero-order chi connectivity index (χ0) is 22.9. The molecule has 2 aliphatic rings. The minimum Gasteiger partial charge on any atom is -0.382 e. The maximum atomic E-state index is 13.0. The quantitative estimate of drug-likeness (QED) is 0.698. The molecule has 0 bridgehead atoms. The van der Waals surface area contributed by atoms with E-state index in [1.54, 1.807) is 13.0 Å². The molecule has 0 radical (unpaired) electrons. The first kappa shape index (κ1) is 22.4. The first-order chi connectivity index (χ1) is 15.2. The van der Waals surface area contributed by atoms with Gasteiger partial charge in [0.05, 0.1) is 0 Å². The van der Waals surface area contributed by atoms with Crippen LogP contribution < -0.4 is 15.5 Å². The van der Waals surface area contributed by atoms with Gasteiger partial charge in [0.2, 0.25) is 0 Å². The van der Waals surface area contributed by atoms with E-state index in [1.807, 2.05) is 12.1 Å². The normalized spacial score (nSPS) is 21.1. The summed E-state index contributed by atoms with van der Waals surface area (Å²) in [5.74, 6) is -0.0341. The number of carbonyl (C=O) groups is 1. The fourth-order valence-corrected chi connectivity index (χ4v) is 4.80. The second kappa shape index (κ2) is 9.00. The Labute approximate surface area is 186 Å². The van der Waals surface area contributed by atoms with Crippen molar-refractivity contribution >= 4 is 17.3 Å². The van der Waals surface area contributed by atoms with Crippen LogP contribution in [-0.4, -0.2) is 36.6 Å². The molecular formula is C24H29F3N4O. The average molecular weight is 447 g/mol. The lowest BCUT2D eigenvalue weighted by molar-refractivity contribution is -0.141. The highest BCUT2D eigenvalue weighted by Gasteiger charge is 2.33. The van der Waals surface area contributed by atoms with Crippen molar-refractivity contribution in [3.8, 4) is 0 Å². The molecule has 1 aromatic carbocycles. The van der Waals surface area contributed by atoms with Crippen molar-refractivity contribution in [2.45, 2.75) is 63.7 Å². The molecule has 1 aliphatic heterocycles. The third-order valence-electron chi connectivity index (χ3n) is 6.40. The average Bonchev–Trinajstić information content (AvgIpc) is 2.74. The van der Waals surface area contributed by atoms with Gasteiger partial charge < -0.3 is 15.5 Å². The van der Waals surface area contributed by atoms with Crippen LogP contribution in [0.3, 0.4) is 0 Å². The number of anilines is 2. The van der Waals surface area contributed by atoms with Gasteiger partial charge in [-0.05, 0) is 75.3 Å². The van der Waals surface area contributed by atoms with E-state index in [2.05, 4.69) is 33.6 Å². The smallest absolute Gasteiger partial charge is 0.382 e. The Morgan fingerprint density at radius 3 is 2.56 bits per heavy atom. The van der Waals surface area contributed by atoms with E-state index in [4.69, 9.17) is 0 Å². The highest BCUT2D eigenvalue weighted by Crippen LogP contribution is 2.32. The molecule has 5 nitrogen and oxygen atoms in total. The van der Waals surface area contributed by atoms with Gasteiger partial charge in [-0.15, -0.1) is 0 Å². The van der Waals surface area contributed by atoms with Crippen molar-refractivity contribution < 1.29 is 18.0 Å². The number of fused-ring (bicyclic) bond motifs is 1. The van der Waals surface area contributed by atoms with E-state index in [1.165, 1.54) is 0 Å². The Hall–Kier alpha value is -2.77. The molecule has 1 aliphatic carbocycles. The van der Waals surface area contributed by atoms with Crippen LogP contribution in [0.15, 0.2) is 30.3 Å². The lowest BCUT2D eigenvalue weighted by Gasteiger charge is -2.32. The van der Waals surface area contributed by atoms with E-state index in [-0.39, 0.29) is 18.0 Å². The van der Waals surface area contributed by atoms with Gasteiger partial charge in [0.25, 0.3) is 5.91 Å². The molecular weight excluding hydrogens is 417 g/mol. The summed E-state index contributed by atoms with van der Waals surface area (Å²) in [6, 6.07) is 8.74. The number of alkyl halides is 3. The molecule has 1 amide bonds. The summed E-state index contributed by atoms with van der Waals surface area (Å²) >= 11 is 0. The third-order valence-corrected chi connectivity index (χ3v) is 6.40. The molecule has 1 fully saturated rings. The second-order valence-electron chi connectivity index (χ2n) is 8.87. The van der Waals surface area contributed by atoms with Gasteiger partial charge in [0.1, 0.15) is 5.69 Å². The van der Waals surface area contributed by atoms with Crippen molar-refractivity contribution in [1.82, 2.24) is 10.3 Å². The highest BCUT2D eigenvalue weighted by atomic mass is 19.4. The van der Waals surface area contributed by atoms with Crippen LogP contribution in [0, 0.1) is 6.92 Å². The summed E-state index contributed by atoms with van der Waals surface area (Å²) in [5.41, 5.74) is 2.89. The molecule has 4 rings (SSSR count). The fraction of sp³-hybridized carbons (Fsp3) is 0.500. The monoisotopic (exact) mass is 446 g/mol. The molecule has 0 saturated heterocycles. The number of nitrogens with zero attached hydrogens (tertiary/aromatic N) is 2. The van der Waals surface area contributed by atoms with E-state index >= 15 is 0 Å². The Bertz CT molecular complexity index is 984. The molecule has 1 aromatic heterocycles. The van der Waals surface area contributed by atoms with Crippen molar-refractivity contribution in [1.29, 1.82) is 0 Å². The van der Waals surface area contributed by atoms with Crippen LogP contribution in [0.2, 0.25) is 0 Å². The number of amides is 1. The number of hydrogen-bond donors (Lipinski definition) is 2. The molecule has 2 heterocycles. The summed E-state index contributed by atoms with van der Waals surface area (Å²) in [7, 11) is 2.05. The van der Waals surface area contributed by atoms with Crippen LogP contribution >= 0.6 is 0 Å². The number of aromatic nitrogens is 1. The van der Waals surface area contributed by atoms with Crippen LogP contribution in [0.1, 0.15) is 59.4 Å². The second-order valence-corrected chi connectivity index (χ2v) is 8.87. The lowest BCUT2D eigenvalue weighted by Crippen LogP contribution is -2.40. The number of pyridine rings is 1. The summed E-state index contributed by atoms with van der Waals surface area (Å²) < 4.78 is 39.1. The molecule has 172 valence electrons. The lowest BCUT2D eigenvalue weighted by atomic mass is 9.90. The fourth-order valence-electron chi connectivity index (χ4n) is 4.80. The number of aryl methyl sites for hydroxylation is 1. The van der Waals surface area contributed by atoms with Crippen LogP contribution in [-0.2, 0) is 12.6 Å². The van der Waals surface area contributed by atoms with Gasteiger partial charge in [0.15, 0.2) is 0 Å². The molecule has 8 heteroatoms. The minimum absolute atomic E-state index is 0.0341. The number of halogens is 3. The van der Waals surface area contributed by atoms with Crippen molar-refractivity contribution in [2.24, 2.45) is 0 Å². The molecule has 1 saturated carbocycles. The molecule has 0 atom stereocenters. The highest BCUT2D eigenvalue weighted by molar-refractivity contribution is 5.97. The van der Waals surface area contributed by atoms with Gasteiger partial charge in [-0.2, -0.15) is 13.2 Å². The van der Waals surface area contributed by atoms with Gasteiger partial charge in [-0.3, -0.25) is 4.79 Å². The van der Waals surface area contributed by atoms with E-state index in [0.29, 0.717) is 11.4 Å². The number of rotatable bonds is 4. The summed E-state index contributed by atoms with van der Waals surface area (Å²) in [4.78, 5) is 18.8. The van der Waals surface area contributed by atoms with Gasteiger partial charge in [-0.1, -0.05) is 6.07 Å². The van der Waals surface area contributed by atoms with Crippen LogP contribution in [0.5, 0.6) is 0 Å². The largest absolute Gasteiger partial charge is 0.433 e. The Balaban J connectivity index is 1.35. The zero-order valence-electron chi connectivity index (χ0n) is 18.4.